The quantitative estimate of drug-likeness (QED) is 0.693. The molecule has 0 saturated heterocycles. The van der Waals surface area contributed by atoms with Crippen LogP contribution in [0.3, 0.4) is 0 Å². The van der Waals surface area contributed by atoms with E-state index in [0.717, 1.165) is 10.7 Å². The third-order valence-corrected chi connectivity index (χ3v) is 3.51. The van der Waals surface area contributed by atoms with Gasteiger partial charge in [0.05, 0.1) is 11.5 Å². The van der Waals surface area contributed by atoms with Crippen molar-refractivity contribution in [3.8, 4) is 0 Å². The number of thiazole rings is 1. The number of rotatable bonds is 4. The summed E-state index contributed by atoms with van der Waals surface area (Å²) < 4.78 is 0.670. The highest BCUT2D eigenvalue weighted by Gasteiger charge is 2.08. The SMILES string of the molecule is O=[N+]([O-])c1ccc(NCc2nccs2)c(Br)c1. The Morgan fingerprint density at radius 2 is 2.35 bits per heavy atom. The molecule has 88 valence electrons. The van der Waals surface area contributed by atoms with E-state index in [9.17, 15) is 10.1 Å². The first-order valence-corrected chi connectivity index (χ1v) is 6.40. The van der Waals surface area contributed by atoms with E-state index >= 15 is 0 Å². The number of nitrogens with one attached hydrogen (secondary N) is 1. The van der Waals surface area contributed by atoms with Crippen LogP contribution in [0.25, 0.3) is 0 Å². The van der Waals surface area contributed by atoms with E-state index in [0.29, 0.717) is 11.0 Å². The number of anilines is 1. The van der Waals surface area contributed by atoms with Crippen molar-refractivity contribution in [2.75, 3.05) is 5.32 Å². The Kier molecular flexibility index (Phi) is 3.70. The van der Waals surface area contributed by atoms with Crippen LogP contribution in [-0.2, 0) is 6.54 Å². The molecule has 0 saturated carbocycles. The zero-order chi connectivity index (χ0) is 12.3. The number of hydrogen-bond acceptors (Lipinski definition) is 5. The van der Waals surface area contributed by atoms with Gasteiger partial charge in [0.15, 0.2) is 0 Å². The summed E-state index contributed by atoms with van der Waals surface area (Å²) in [4.78, 5) is 14.3. The number of benzene rings is 1. The van der Waals surface area contributed by atoms with Crippen molar-refractivity contribution < 1.29 is 4.92 Å². The van der Waals surface area contributed by atoms with E-state index in [-0.39, 0.29) is 5.69 Å². The van der Waals surface area contributed by atoms with Gasteiger partial charge in [0.2, 0.25) is 0 Å². The summed E-state index contributed by atoms with van der Waals surface area (Å²) in [6.07, 6.45) is 1.74. The van der Waals surface area contributed by atoms with Crippen molar-refractivity contribution in [3.05, 3.63) is 49.4 Å². The fourth-order valence-corrected chi connectivity index (χ4v) is 2.33. The summed E-state index contributed by atoms with van der Waals surface area (Å²) in [6.45, 7) is 0.605. The Hall–Kier alpha value is -1.47. The molecule has 1 aromatic carbocycles. The maximum absolute atomic E-state index is 10.6. The van der Waals surface area contributed by atoms with E-state index in [1.807, 2.05) is 5.38 Å². The second-order valence-electron chi connectivity index (χ2n) is 3.20. The van der Waals surface area contributed by atoms with Crippen molar-refractivity contribution in [2.45, 2.75) is 6.54 Å². The summed E-state index contributed by atoms with van der Waals surface area (Å²) >= 11 is 4.85. The molecule has 0 bridgehead atoms. The van der Waals surface area contributed by atoms with Crippen molar-refractivity contribution in [1.82, 2.24) is 4.98 Å². The molecule has 0 fully saturated rings. The van der Waals surface area contributed by atoms with Crippen molar-refractivity contribution in [2.24, 2.45) is 0 Å². The number of halogens is 1. The van der Waals surface area contributed by atoms with Gasteiger partial charge in [0.1, 0.15) is 5.01 Å². The molecule has 0 atom stereocenters. The number of nitrogens with zero attached hydrogens (tertiary/aromatic N) is 2. The minimum absolute atomic E-state index is 0.0664. The molecule has 0 spiro atoms. The van der Waals surface area contributed by atoms with Gasteiger partial charge >= 0.3 is 0 Å². The molecular formula is C10H8BrN3O2S. The zero-order valence-electron chi connectivity index (χ0n) is 8.59. The Bertz CT molecular complexity index is 530. The van der Waals surface area contributed by atoms with Crippen molar-refractivity contribution >= 4 is 38.6 Å². The summed E-state index contributed by atoms with van der Waals surface area (Å²) in [5, 5.41) is 16.6. The van der Waals surface area contributed by atoms with E-state index in [1.54, 1.807) is 23.6 Å². The molecule has 7 heteroatoms. The Labute approximate surface area is 110 Å². The number of aromatic nitrogens is 1. The third kappa shape index (κ3) is 3.01. The highest BCUT2D eigenvalue weighted by atomic mass is 79.9. The highest BCUT2D eigenvalue weighted by Crippen LogP contribution is 2.27. The Morgan fingerprint density at radius 1 is 1.53 bits per heavy atom. The Balaban J connectivity index is 2.09. The van der Waals surface area contributed by atoms with Gasteiger partial charge in [-0.05, 0) is 22.0 Å². The lowest BCUT2D eigenvalue weighted by Crippen LogP contribution is -1.99. The van der Waals surface area contributed by atoms with E-state index in [4.69, 9.17) is 0 Å². The van der Waals surface area contributed by atoms with Crippen LogP contribution >= 0.6 is 27.3 Å². The van der Waals surface area contributed by atoms with Crippen LogP contribution in [0.5, 0.6) is 0 Å². The summed E-state index contributed by atoms with van der Waals surface area (Å²) in [5.74, 6) is 0. The lowest BCUT2D eigenvalue weighted by atomic mass is 10.3. The van der Waals surface area contributed by atoms with Gasteiger partial charge in [-0.25, -0.2) is 4.98 Å². The fraction of sp³-hybridized carbons (Fsp3) is 0.100. The molecule has 0 aliphatic rings. The highest BCUT2D eigenvalue weighted by molar-refractivity contribution is 9.10. The van der Waals surface area contributed by atoms with Crippen LogP contribution in [0.2, 0.25) is 0 Å². The van der Waals surface area contributed by atoms with Crippen molar-refractivity contribution in [3.63, 3.8) is 0 Å². The predicted molar refractivity (Wildman–Crippen MR) is 70.2 cm³/mol. The largest absolute Gasteiger partial charge is 0.378 e. The molecular weight excluding hydrogens is 306 g/mol. The molecule has 0 radical (unpaired) electrons. The van der Waals surface area contributed by atoms with Gasteiger partial charge in [-0.3, -0.25) is 10.1 Å². The number of nitro groups is 1. The van der Waals surface area contributed by atoms with Gasteiger partial charge < -0.3 is 5.32 Å². The maximum Gasteiger partial charge on any atom is 0.270 e. The minimum Gasteiger partial charge on any atom is -0.378 e. The molecule has 0 aliphatic heterocycles. The average molecular weight is 314 g/mol. The van der Waals surface area contributed by atoms with Gasteiger partial charge in [-0.2, -0.15) is 0 Å². The normalized spacial score (nSPS) is 10.2. The number of non-ortho nitro benzene ring substituents is 1. The average Bonchev–Trinajstić information content (AvgIpc) is 2.80. The molecule has 1 heterocycles. The lowest BCUT2D eigenvalue weighted by molar-refractivity contribution is -0.384. The van der Waals surface area contributed by atoms with Gasteiger partial charge in [0, 0.05) is 33.9 Å². The van der Waals surface area contributed by atoms with E-state index in [2.05, 4.69) is 26.2 Å². The second-order valence-corrected chi connectivity index (χ2v) is 5.03. The first-order chi connectivity index (χ1) is 8.16. The molecule has 1 aromatic heterocycles. The maximum atomic E-state index is 10.6. The van der Waals surface area contributed by atoms with Crippen LogP contribution < -0.4 is 5.32 Å². The van der Waals surface area contributed by atoms with E-state index < -0.39 is 4.92 Å². The van der Waals surface area contributed by atoms with Crippen LogP contribution in [-0.4, -0.2) is 9.91 Å². The third-order valence-electron chi connectivity index (χ3n) is 2.08. The monoisotopic (exact) mass is 313 g/mol. The predicted octanol–water partition coefficient (Wildman–Crippen LogP) is 3.43. The molecule has 0 amide bonds. The molecule has 5 nitrogen and oxygen atoms in total. The smallest absolute Gasteiger partial charge is 0.270 e. The summed E-state index contributed by atoms with van der Waals surface area (Å²) in [5.41, 5.74) is 0.877. The first kappa shape index (κ1) is 12.0. The topological polar surface area (TPSA) is 68.1 Å². The van der Waals surface area contributed by atoms with Crippen LogP contribution in [0.15, 0.2) is 34.2 Å². The van der Waals surface area contributed by atoms with E-state index in [1.165, 1.54) is 12.1 Å². The Morgan fingerprint density at radius 3 is 2.94 bits per heavy atom. The molecule has 2 aromatic rings. The van der Waals surface area contributed by atoms with Crippen LogP contribution in [0, 0.1) is 10.1 Å². The van der Waals surface area contributed by atoms with Crippen LogP contribution in [0.1, 0.15) is 5.01 Å². The van der Waals surface area contributed by atoms with Gasteiger partial charge in [-0.15, -0.1) is 11.3 Å². The fourth-order valence-electron chi connectivity index (χ4n) is 1.27. The number of nitro benzene ring substituents is 1. The summed E-state index contributed by atoms with van der Waals surface area (Å²) in [6, 6.07) is 4.62. The molecule has 1 N–H and O–H groups in total. The van der Waals surface area contributed by atoms with Crippen molar-refractivity contribution in [1.29, 1.82) is 0 Å². The van der Waals surface area contributed by atoms with Gasteiger partial charge in [0.25, 0.3) is 5.69 Å². The lowest BCUT2D eigenvalue weighted by Gasteiger charge is -2.06. The standard InChI is InChI=1S/C10H8BrN3O2S/c11-8-5-7(14(15)16)1-2-9(8)13-6-10-12-3-4-17-10/h1-5,13H,6H2. The van der Waals surface area contributed by atoms with Crippen LogP contribution in [0.4, 0.5) is 11.4 Å². The minimum atomic E-state index is -0.421. The van der Waals surface area contributed by atoms with Gasteiger partial charge in [-0.1, -0.05) is 0 Å². The summed E-state index contributed by atoms with van der Waals surface area (Å²) in [7, 11) is 0. The number of hydrogen-bond donors (Lipinski definition) is 1. The first-order valence-electron chi connectivity index (χ1n) is 4.73. The molecule has 17 heavy (non-hydrogen) atoms. The molecule has 0 unspecified atom stereocenters. The zero-order valence-corrected chi connectivity index (χ0v) is 11.0. The molecule has 0 aliphatic carbocycles. The second kappa shape index (κ2) is 5.24. The molecule has 2 rings (SSSR count).